The summed E-state index contributed by atoms with van der Waals surface area (Å²) in [5.41, 5.74) is 4.14. The lowest BCUT2D eigenvalue weighted by atomic mass is 9.93. The molecule has 0 aliphatic heterocycles. The second kappa shape index (κ2) is 3.86. The zero-order valence-electron chi connectivity index (χ0n) is 10.1. The molecule has 0 aromatic heterocycles. The van der Waals surface area contributed by atoms with E-state index < -0.39 is 5.97 Å². The summed E-state index contributed by atoms with van der Waals surface area (Å²) in [5.74, 6) is 1.04. The first-order valence-electron chi connectivity index (χ1n) is 6.48. The fourth-order valence-corrected chi connectivity index (χ4v) is 3.45. The zero-order valence-corrected chi connectivity index (χ0v) is 10.1. The minimum atomic E-state index is -0.668. The summed E-state index contributed by atoms with van der Waals surface area (Å²) in [6.45, 7) is 2.16. The molecule has 17 heavy (non-hydrogen) atoms. The third-order valence-electron chi connectivity index (χ3n) is 4.32. The van der Waals surface area contributed by atoms with Crippen LogP contribution in [0.5, 0.6) is 0 Å². The van der Waals surface area contributed by atoms with Crippen molar-refractivity contribution in [2.45, 2.75) is 44.4 Å². The molecule has 1 fully saturated rings. The van der Waals surface area contributed by atoms with Crippen LogP contribution in [0.25, 0.3) is 0 Å². The van der Waals surface area contributed by atoms with Gasteiger partial charge in [-0.1, -0.05) is 18.2 Å². The molecule has 1 aromatic carbocycles. The fraction of sp³-hybridized carbons (Fsp3) is 0.533. The molecule has 0 spiro atoms. The smallest absolute Gasteiger partial charge is 0.303 e. The van der Waals surface area contributed by atoms with E-state index in [9.17, 15) is 4.79 Å². The van der Waals surface area contributed by atoms with Crippen molar-refractivity contribution < 1.29 is 9.90 Å². The van der Waals surface area contributed by atoms with Gasteiger partial charge in [-0.3, -0.25) is 4.79 Å². The van der Waals surface area contributed by atoms with Gasteiger partial charge in [0.25, 0.3) is 0 Å². The number of hydrogen-bond donors (Lipinski definition) is 1. The Hall–Kier alpha value is -1.31. The second-order valence-electron chi connectivity index (χ2n) is 5.55. The summed E-state index contributed by atoms with van der Waals surface area (Å²) >= 11 is 0. The highest BCUT2D eigenvalue weighted by Crippen LogP contribution is 2.54. The van der Waals surface area contributed by atoms with Crippen molar-refractivity contribution in [2.75, 3.05) is 0 Å². The summed E-state index contributed by atoms with van der Waals surface area (Å²) in [4.78, 5) is 10.9. The van der Waals surface area contributed by atoms with Gasteiger partial charge in [-0.05, 0) is 60.6 Å². The first-order chi connectivity index (χ1) is 8.16. The quantitative estimate of drug-likeness (QED) is 0.863. The van der Waals surface area contributed by atoms with Gasteiger partial charge in [0.2, 0.25) is 0 Å². The maximum absolute atomic E-state index is 10.9. The Morgan fingerprint density at radius 2 is 2.18 bits per heavy atom. The number of carbonyl (C=O) groups is 1. The Balaban J connectivity index is 1.98. The van der Waals surface area contributed by atoms with Gasteiger partial charge in [0.1, 0.15) is 0 Å². The molecule has 90 valence electrons. The summed E-state index contributed by atoms with van der Waals surface area (Å²) in [7, 11) is 0. The lowest BCUT2D eigenvalue weighted by Crippen LogP contribution is -2.03. The number of carboxylic acid groups (broad SMARTS) is 1. The van der Waals surface area contributed by atoms with Crippen molar-refractivity contribution in [1.82, 2.24) is 0 Å². The van der Waals surface area contributed by atoms with Gasteiger partial charge >= 0.3 is 5.97 Å². The van der Waals surface area contributed by atoms with Crippen LogP contribution in [0, 0.1) is 12.8 Å². The average molecular weight is 230 g/mol. The van der Waals surface area contributed by atoms with Crippen molar-refractivity contribution in [3.05, 3.63) is 34.9 Å². The predicted molar refractivity (Wildman–Crippen MR) is 66.3 cm³/mol. The lowest BCUT2D eigenvalue weighted by molar-refractivity contribution is -0.137. The van der Waals surface area contributed by atoms with Crippen LogP contribution < -0.4 is 0 Å². The fourth-order valence-electron chi connectivity index (χ4n) is 3.45. The van der Waals surface area contributed by atoms with Crippen molar-refractivity contribution in [2.24, 2.45) is 5.92 Å². The molecule has 0 radical (unpaired) electrons. The molecule has 1 saturated carbocycles. The number of aliphatic carboxylic acids is 1. The van der Waals surface area contributed by atoms with E-state index in [1.807, 2.05) is 0 Å². The molecule has 1 aromatic rings. The molecule has 0 amide bonds. The molecule has 2 aliphatic carbocycles. The largest absolute Gasteiger partial charge is 0.481 e. The first kappa shape index (κ1) is 10.8. The normalized spacial score (nSPS) is 26.9. The highest BCUT2D eigenvalue weighted by molar-refractivity contribution is 5.68. The van der Waals surface area contributed by atoms with Gasteiger partial charge in [-0.25, -0.2) is 0 Å². The monoisotopic (exact) mass is 230 g/mol. The van der Waals surface area contributed by atoms with Crippen LogP contribution in [0.1, 0.15) is 54.2 Å². The summed E-state index contributed by atoms with van der Waals surface area (Å²) in [5, 5.41) is 9.01. The Morgan fingerprint density at radius 1 is 1.41 bits per heavy atom. The average Bonchev–Trinajstić information content (AvgIpc) is 3.03. The molecular weight excluding hydrogens is 212 g/mol. The minimum absolute atomic E-state index is 0.244. The van der Waals surface area contributed by atoms with E-state index >= 15 is 0 Å². The van der Waals surface area contributed by atoms with Crippen LogP contribution in [0.3, 0.4) is 0 Å². The number of aryl methyl sites for hydroxylation is 1. The molecule has 2 atom stereocenters. The third-order valence-corrected chi connectivity index (χ3v) is 4.32. The molecule has 2 unspecified atom stereocenters. The maximum Gasteiger partial charge on any atom is 0.303 e. The van der Waals surface area contributed by atoms with Crippen LogP contribution in [0.2, 0.25) is 0 Å². The van der Waals surface area contributed by atoms with E-state index in [0.29, 0.717) is 12.3 Å². The zero-order chi connectivity index (χ0) is 12.0. The molecule has 0 saturated heterocycles. The van der Waals surface area contributed by atoms with E-state index in [1.165, 1.54) is 29.5 Å². The number of rotatable bonds is 3. The molecule has 2 nitrogen and oxygen atoms in total. The van der Waals surface area contributed by atoms with Crippen molar-refractivity contribution in [3.8, 4) is 0 Å². The molecule has 3 rings (SSSR count). The second-order valence-corrected chi connectivity index (χ2v) is 5.55. The topological polar surface area (TPSA) is 37.3 Å². The Kier molecular flexibility index (Phi) is 2.46. The van der Waals surface area contributed by atoms with Crippen LogP contribution in [-0.2, 0) is 4.79 Å². The third kappa shape index (κ3) is 1.86. The van der Waals surface area contributed by atoms with Gasteiger partial charge in [0, 0.05) is 0 Å². The number of fused-ring (bicyclic) bond motifs is 1. The highest BCUT2D eigenvalue weighted by Gasteiger charge is 2.41. The van der Waals surface area contributed by atoms with Crippen LogP contribution >= 0.6 is 0 Å². The number of benzene rings is 1. The van der Waals surface area contributed by atoms with E-state index in [0.717, 1.165) is 12.3 Å². The molecule has 0 heterocycles. The number of hydrogen-bond acceptors (Lipinski definition) is 1. The standard InChI is InChI=1S/C15H18O2/c1-9-3-2-4-12-11(8-14(16)17)7-13(15(9)12)10-5-6-10/h2-4,10-11,13H,5-8H2,1H3,(H,16,17). The van der Waals surface area contributed by atoms with Crippen molar-refractivity contribution in [3.63, 3.8) is 0 Å². The van der Waals surface area contributed by atoms with E-state index in [1.54, 1.807) is 0 Å². The predicted octanol–water partition coefficient (Wildman–Crippen LogP) is 3.45. The maximum atomic E-state index is 10.9. The van der Waals surface area contributed by atoms with Crippen LogP contribution in [0.15, 0.2) is 18.2 Å². The van der Waals surface area contributed by atoms with E-state index in [4.69, 9.17) is 5.11 Å². The molecule has 0 bridgehead atoms. The van der Waals surface area contributed by atoms with Crippen molar-refractivity contribution >= 4 is 5.97 Å². The minimum Gasteiger partial charge on any atom is -0.481 e. The summed E-state index contributed by atoms with van der Waals surface area (Å²) < 4.78 is 0. The van der Waals surface area contributed by atoms with Gasteiger partial charge in [0.05, 0.1) is 6.42 Å². The Morgan fingerprint density at radius 3 is 2.82 bits per heavy atom. The van der Waals surface area contributed by atoms with Gasteiger partial charge < -0.3 is 5.11 Å². The van der Waals surface area contributed by atoms with Gasteiger partial charge in [0.15, 0.2) is 0 Å². The lowest BCUT2D eigenvalue weighted by Gasteiger charge is -2.12. The van der Waals surface area contributed by atoms with Gasteiger partial charge in [-0.15, -0.1) is 0 Å². The molecule has 2 heteroatoms. The van der Waals surface area contributed by atoms with E-state index in [2.05, 4.69) is 25.1 Å². The first-order valence-corrected chi connectivity index (χ1v) is 6.48. The Labute approximate surface area is 102 Å². The molecule has 1 N–H and O–H groups in total. The number of carboxylic acids is 1. The van der Waals surface area contributed by atoms with Gasteiger partial charge in [-0.2, -0.15) is 0 Å². The molecular formula is C15H18O2. The summed E-state index contributed by atoms with van der Waals surface area (Å²) in [6.07, 6.45) is 4.01. The van der Waals surface area contributed by atoms with E-state index in [-0.39, 0.29) is 5.92 Å². The van der Waals surface area contributed by atoms with Crippen molar-refractivity contribution in [1.29, 1.82) is 0 Å². The van der Waals surface area contributed by atoms with Crippen LogP contribution in [0.4, 0.5) is 0 Å². The SMILES string of the molecule is Cc1cccc2c1C(C1CC1)CC2CC(=O)O. The summed E-state index contributed by atoms with van der Waals surface area (Å²) in [6, 6.07) is 6.37. The Bertz CT molecular complexity index is 460. The highest BCUT2D eigenvalue weighted by atomic mass is 16.4. The van der Waals surface area contributed by atoms with Crippen LogP contribution in [-0.4, -0.2) is 11.1 Å². The molecule has 2 aliphatic rings.